The predicted octanol–water partition coefficient (Wildman–Crippen LogP) is 5.40. The highest BCUT2D eigenvalue weighted by Gasteiger charge is 2.16. The second-order valence-corrected chi connectivity index (χ2v) is 8.68. The maximum Gasteiger partial charge on any atom is 0.326 e. The Kier molecular flexibility index (Phi) is 6.41. The minimum Gasteiger partial charge on any atom is -0.465 e. The molecular weight excluding hydrogens is 455 g/mol. The number of fused-ring (bicyclic) bond motifs is 2. The number of ether oxygens (including phenoxy) is 1. The molecule has 0 bridgehead atoms. The highest BCUT2D eigenvalue weighted by atomic mass is 35.5. The molecule has 0 aliphatic heterocycles. The van der Waals surface area contributed by atoms with Crippen molar-refractivity contribution in [2.45, 2.75) is 19.9 Å². The average Bonchev–Trinajstić information content (AvgIpc) is 3.05. The van der Waals surface area contributed by atoms with E-state index in [2.05, 4.69) is 4.99 Å². The Hall–Kier alpha value is -2.67. The summed E-state index contributed by atoms with van der Waals surface area (Å²) in [4.78, 5) is 29.7. The van der Waals surface area contributed by atoms with Crippen molar-refractivity contribution in [3.63, 3.8) is 0 Å². The first-order valence-electron chi connectivity index (χ1n) is 9.64. The van der Waals surface area contributed by atoms with Crippen LogP contribution in [-0.4, -0.2) is 23.1 Å². The highest BCUT2D eigenvalue weighted by Crippen LogP contribution is 2.30. The molecule has 0 fully saturated rings. The Bertz CT molecular complexity index is 1370. The molecule has 3 aromatic carbocycles. The van der Waals surface area contributed by atoms with Crippen LogP contribution in [0.15, 0.2) is 59.6 Å². The van der Waals surface area contributed by atoms with Gasteiger partial charge in [-0.2, -0.15) is 4.99 Å². The molecule has 0 saturated heterocycles. The molecule has 5 nitrogen and oxygen atoms in total. The van der Waals surface area contributed by atoms with Crippen LogP contribution < -0.4 is 4.80 Å². The Morgan fingerprint density at radius 2 is 1.87 bits per heavy atom. The predicted molar refractivity (Wildman–Crippen MR) is 125 cm³/mol. The molecule has 4 aromatic rings. The van der Waals surface area contributed by atoms with Crippen LogP contribution >= 0.6 is 34.5 Å². The quantitative estimate of drug-likeness (QED) is 0.365. The van der Waals surface area contributed by atoms with Gasteiger partial charge in [0.05, 0.1) is 28.3 Å². The van der Waals surface area contributed by atoms with Gasteiger partial charge in [0.1, 0.15) is 6.54 Å². The van der Waals surface area contributed by atoms with Gasteiger partial charge in [-0.1, -0.05) is 77.0 Å². The first kappa shape index (κ1) is 21.6. The Balaban J connectivity index is 1.77. The lowest BCUT2D eigenvalue weighted by molar-refractivity contribution is -0.143. The maximum absolute atomic E-state index is 12.9. The first-order chi connectivity index (χ1) is 15.0. The molecule has 0 N–H and O–H groups in total. The number of carbonyl (C=O) groups is 2. The van der Waals surface area contributed by atoms with Crippen molar-refractivity contribution >= 4 is 67.4 Å². The molecule has 0 unspecified atom stereocenters. The summed E-state index contributed by atoms with van der Waals surface area (Å²) in [6.45, 7) is 1.89. The van der Waals surface area contributed by atoms with E-state index in [1.165, 1.54) is 11.3 Å². The minimum absolute atomic E-state index is 0.102. The van der Waals surface area contributed by atoms with Crippen molar-refractivity contribution < 1.29 is 14.3 Å². The van der Waals surface area contributed by atoms with Crippen LogP contribution in [-0.2, 0) is 27.3 Å². The van der Waals surface area contributed by atoms with Gasteiger partial charge < -0.3 is 9.30 Å². The zero-order chi connectivity index (χ0) is 22.0. The van der Waals surface area contributed by atoms with E-state index in [0.29, 0.717) is 20.4 Å². The fourth-order valence-corrected chi connectivity index (χ4v) is 5.28. The van der Waals surface area contributed by atoms with Gasteiger partial charge in [-0.25, -0.2) is 0 Å². The van der Waals surface area contributed by atoms with E-state index in [0.717, 1.165) is 21.0 Å². The number of rotatable bonds is 5. The molecule has 1 amide bonds. The van der Waals surface area contributed by atoms with Crippen molar-refractivity contribution in [1.82, 2.24) is 4.57 Å². The van der Waals surface area contributed by atoms with Crippen LogP contribution in [0.25, 0.3) is 21.0 Å². The third kappa shape index (κ3) is 4.66. The molecule has 8 heteroatoms. The number of esters is 1. The summed E-state index contributed by atoms with van der Waals surface area (Å²) in [5.74, 6) is -0.751. The van der Waals surface area contributed by atoms with Gasteiger partial charge in [0.25, 0.3) is 5.91 Å². The molecule has 0 aliphatic rings. The molecule has 158 valence electrons. The largest absolute Gasteiger partial charge is 0.465 e. The summed E-state index contributed by atoms with van der Waals surface area (Å²) in [7, 11) is 0. The van der Waals surface area contributed by atoms with Crippen LogP contribution in [0.2, 0.25) is 10.0 Å². The van der Waals surface area contributed by atoms with Crippen molar-refractivity contribution in [2.75, 3.05) is 6.61 Å². The molecule has 4 rings (SSSR count). The number of hydrogen-bond acceptors (Lipinski definition) is 4. The number of nitrogens with zero attached hydrogens (tertiary/aromatic N) is 2. The normalized spacial score (nSPS) is 11.9. The first-order valence-corrected chi connectivity index (χ1v) is 11.2. The van der Waals surface area contributed by atoms with Crippen LogP contribution in [0, 0.1) is 0 Å². The lowest BCUT2D eigenvalue weighted by Crippen LogP contribution is -2.23. The fourth-order valence-electron chi connectivity index (χ4n) is 3.45. The van der Waals surface area contributed by atoms with Gasteiger partial charge in [0, 0.05) is 5.02 Å². The number of carbonyl (C=O) groups excluding carboxylic acids is 2. The Labute approximate surface area is 192 Å². The number of amides is 1. The standard InChI is InChI=1S/C23H18Cl2N2O3S/c1-2-30-21(29)13-27-22-18(25)11-16(24)12-19(22)31-23(27)26-20(28)10-15-8-5-7-14-6-3-4-9-17(14)15/h3-9,11-12H,2,10,13H2,1H3. The van der Waals surface area contributed by atoms with Crippen LogP contribution in [0.3, 0.4) is 0 Å². The van der Waals surface area contributed by atoms with Gasteiger partial charge >= 0.3 is 5.97 Å². The molecule has 0 radical (unpaired) electrons. The van der Waals surface area contributed by atoms with Crippen molar-refractivity contribution in [2.24, 2.45) is 4.99 Å². The Morgan fingerprint density at radius 1 is 1.10 bits per heavy atom. The summed E-state index contributed by atoms with van der Waals surface area (Å²) in [6, 6.07) is 17.1. The van der Waals surface area contributed by atoms with Crippen LogP contribution in [0.1, 0.15) is 12.5 Å². The van der Waals surface area contributed by atoms with E-state index in [4.69, 9.17) is 27.9 Å². The average molecular weight is 473 g/mol. The summed E-state index contributed by atoms with van der Waals surface area (Å²) in [5, 5.41) is 2.93. The van der Waals surface area contributed by atoms with Gasteiger partial charge in [-0.15, -0.1) is 0 Å². The van der Waals surface area contributed by atoms with Crippen molar-refractivity contribution in [1.29, 1.82) is 0 Å². The zero-order valence-electron chi connectivity index (χ0n) is 16.6. The van der Waals surface area contributed by atoms with E-state index in [1.54, 1.807) is 23.6 Å². The molecule has 1 heterocycles. The van der Waals surface area contributed by atoms with E-state index in [-0.39, 0.29) is 25.5 Å². The number of thiazole rings is 1. The molecule has 1 aromatic heterocycles. The lowest BCUT2D eigenvalue weighted by Gasteiger charge is -2.07. The van der Waals surface area contributed by atoms with E-state index < -0.39 is 5.97 Å². The summed E-state index contributed by atoms with van der Waals surface area (Å²) in [6.07, 6.45) is 0.142. The molecule has 0 saturated carbocycles. The second-order valence-electron chi connectivity index (χ2n) is 6.83. The molecule has 0 aliphatic carbocycles. The smallest absolute Gasteiger partial charge is 0.326 e. The summed E-state index contributed by atoms with van der Waals surface area (Å²) >= 11 is 13.8. The van der Waals surface area contributed by atoms with Crippen LogP contribution in [0.5, 0.6) is 0 Å². The van der Waals surface area contributed by atoms with Gasteiger partial charge in [0.15, 0.2) is 4.80 Å². The molecular formula is C23H18Cl2N2O3S. The number of benzene rings is 3. The SMILES string of the molecule is CCOC(=O)Cn1c(=NC(=O)Cc2cccc3ccccc23)sc2cc(Cl)cc(Cl)c21. The van der Waals surface area contributed by atoms with Gasteiger partial charge in [-0.3, -0.25) is 9.59 Å². The molecule has 0 spiro atoms. The summed E-state index contributed by atoms with van der Waals surface area (Å²) in [5.41, 5.74) is 1.49. The van der Waals surface area contributed by atoms with Crippen LogP contribution in [0.4, 0.5) is 0 Å². The lowest BCUT2D eigenvalue weighted by atomic mass is 10.0. The number of aromatic nitrogens is 1. The van der Waals surface area contributed by atoms with Crippen molar-refractivity contribution in [3.05, 3.63) is 75.0 Å². The highest BCUT2D eigenvalue weighted by molar-refractivity contribution is 7.16. The van der Waals surface area contributed by atoms with E-state index in [9.17, 15) is 9.59 Å². The Morgan fingerprint density at radius 3 is 2.68 bits per heavy atom. The van der Waals surface area contributed by atoms with E-state index in [1.807, 2.05) is 42.5 Å². The third-order valence-electron chi connectivity index (χ3n) is 4.73. The summed E-state index contributed by atoms with van der Waals surface area (Å²) < 4.78 is 7.42. The maximum atomic E-state index is 12.9. The molecule has 31 heavy (non-hydrogen) atoms. The molecule has 0 atom stereocenters. The zero-order valence-corrected chi connectivity index (χ0v) is 18.9. The number of hydrogen-bond donors (Lipinski definition) is 0. The topological polar surface area (TPSA) is 60.7 Å². The second kappa shape index (κ2) is 9.22. The minimum atomic E-state index is -0.434. The number of halogens is 2. The van der Waals surface area contributed by atoms with Gasteiger partial charge in [-0.05, 0) is 35.4 Å². The van der Waals surface area contributed by atoms with E-state index >= 15 is 0 Å². The van der Waals surface area contributed by atoms with Gasteiger partial charge in [0.2, 0.25) is 0 Å². The van der Waals surface area contributed by atoms with Crippen molar-refractivity contribution in [3.8, 4) is 0 Å². The monoisotopic (exact) mass is 472 g/mol. The third-order valence-corrected chi connectivity index (χ3v) is 6.26. The fraction of sp³-hybridized carbons (Fsp3) is 0.174.